The predicted octanol–water partition coefficient (Wildman–Crippen LogP) is 5.11. The van der Waals surface area contributed by atoms with Gasteiger partial charge in [0, 0.05) is 21.0 Å². The maximum absolute atomic E-state index is 12.4. The van der Waals surface area contributed by atoms with Crippen LogP contribution in [0, 0.1) is 11.8 Å². The van der Waals surface area contributed by atoms with Crippen LogP contribution in [0.1, 0.15) is 43.0 Å². The van der Waals surface area contributed by atoms with Crippen molar-refractivity contribution >= 4 is 33.3 Å². The minimum Gasteiger partial charge on any atom is -0.294 e. The van der Waals surface area contributed by atoms with E-state index in [1.807, 2.05) is 6.07 Å². The van der Waals surface area contributed by atoms with Crippen LogP contribution in [-0.4, -0.2) is 5.78 Å². The molecule has 0 aromatic heterocycles. The Morgan fingerprint density at radius 2 is 2.18 bits per heavy atom. The Balaban J connectivity index is 2.21. The fourth-order valence-corrected chi connectivity index (χ4v) is 3.19. The molecule has 1 aromatic carbocycles. The van der Waals surface area contributed by atoms with Gasteiger partial charge in [0.25, 0.3) is 0 Å². The lowest BCUT2D eigenvalue weighted by molar-refractivity contribution is 0.0867. The Morgan fingerprint density at radius 1 is 1.41 bits per heavy atom. The van der Waals surface area contributed by atoms with E-state index in [-0.39, 0.29) is 11.7 Å². The zero-order chi connectivity index (χ0) is 12.4. The van der Waals surface area contributed by atoms with Crippen molar-refractivity contribution in [2.75, 3.05) is 0 Å². The van der Waals surface area contributed by atoms with Gasteiger partial charge in [0.1, 0.15) is 0 Å². The molecule has 0 spiro atoms. The van der Waals surface area contributed by atoms with E-state index in [0.29, 0.717) is 10.9 Å². The third kappa shape index (κ3) is 3.11. The average molecular weight is 316 g/mol. The van der Waals surface area contributed by atoms with Gasteiger partial charge in [0.2, 0.25) is 0 Å². The molecule has 1 saturated carbocycles. The molecule has 3 heteroatoms. The van der Waals surface area contributed by atoms with Crippen LogP contribution in [0.3, 0.4) is 0 Å². The number of halogens is 2. The van der Waals surface area contributed by atoms with Crippen LogP contribution in [0.2, 0.25) is 5.02 Å². The highest BCUT2D eigenvalue weighted by Gasteiger charge is 2.26. The van der Waals surface area contributed by atoms with Gasteiger partial charge in [-0.25, -0.2) is 0 Å². The van der Waals surface area contributed by atoms with Crippen LogP contribution < -0.4 is 0 Å². The summed E-state index contributed by atoms with van der Waals surface area (Å²) in [7, 11) is 0. The Morgan fingerprint density at radius 3 is 2.88 bits per heavy atom. The van der Waals surface area contributed by atoms with Crippen LogP contribution in [0.4, 0.5) is 0 Å². The van der Waals surface area contributed by atoms with E-state index in [9.17, 15) is 4.79 Å². The second-order valence-electron chi connectivity index (χ2n) is 4.96. The summed E-state index contributed by atoms with van der Waals surface area (Å²) in [6.45, 7) is 2.23. The number of rotatable bonds is 2. The van der Waals surface area contributed by atoms with Gasteiger partial charge in [0.05, 0.1) is 0 Å². The molecule has 2 atom stereocenters. The van der Waals surface area contributed by atoms with Gasteiger partial charge < -0.3 is 0 Å². The molecule has 0 amide bonds. The molecule has 0 aliphatic heterocycles. The van der Waals surface area contributed by atoms with Crippen LogP contribution in [0.25, 0.3) is 0 Å². The summed E-state index contributed by atoms with van der Waals surface area (Å²) in [5, 5.41) is 0.625. The fraction of sp³-hybridized carbons (Fsp3) is 0.500. The van der Waals surface area contributed by atoms with Crippen LogP contribution >= 0.6 is 27.5 Å². The SMILES string of the molecule is CC1CCCC(C(=O)c2cc(Cl)ccc2Br)C1. The molecule has 17 heavy (non-hydrogen) atoms. The second-order valence-corrected chi connectivity index (χ2v) is 6.25. The standard InChI is InChI=1S/C14H16BrClO/c1-9-3-2-4-10(7-9)14(17)12-8-11(16)5-6-13(12)15/h5-6,8-10H,2-4,7H2,1H3. The molecule has 92 valence electrons. The summed E-state index contributed by atoms with van der Waals surface area (Å²) >= 11 is 9.39. The molecule has 0 N–H and O–H groups in total. The Kier molecular flexibility index (Phi) is 4.26. The van der Waals surface area contributed by atoms with E-state index in [1.54, 1.807) is 12.1 Å². The summed E-state index contributed by atoms with van der Waals surface area (Å²) in [5.74, 6) is 1.08. The van der Waals surface area contributed by atoms with Crippen molar-refractivity contribution in [2.24, 2.45) is 11.8 Å². The minimum atomic E-state index is 0.175. The Hall–Kier alpha value is -0.340. The topological polar surface area (TPSA) is 17.1 Å². The lowest BCUT2D eigenvalue weighted by Gasteiger charge is -2.25. The van der Waals surface area contributed by atoms with Gasteiger partial charge in [-0.1, -0.05) is 47.3 Å². The van der Waals surface area contributed by atoms with Gasteiger partial charge >= 0.3 is 0 Å². The first-order chi connectivity index (χ1) is 8.08. The van der Waals surface area contributed by atoms with Crippen molar-refractivity contribution in [3.8, 4) is 0 Å². The van der Waals surface area contributed by atoms with E-state index in [2.05, 4.69) is 22.9 Å². The molecule has 1 nitrogen and oxygen atoms in total. The third-order valence-corrected chi connectivity index (χ3v) is 4.43. The van der Waals surface area contributed by atoms with Crippen LogP contribution in [0.15, 0.2) is 22.7 Å². The summed E-state index contributed by atoms with van der Waals surface area (Å²) in [6, 6.07) is 5.42. The average Bonchev–Trinajstić information content (AvgIpc) is 2.31. The van der Waals surface area contributed by atoms with Crippen molar-refractivity contribution in [3.63, 3.8) is 0 Å². The largest absolute Gasteiger partial charge is 0.294 e. The summed E-state index contributed by atoms with van der Waals surface area (Å²) < 4.78 is 0.852. The lowest BCUT2D eigenvalue weighted by atomic mass is 9.79. The van der Waals surface area contributed by atoms with Crippen molar-refractivity contribution in [1.29, 1.82) is 0 Å². The minimum absolute atomic E-state index is 0.175. The molecule has 0 bridgehead atoms. The Bertz CT molecular complexity index is 430. The number of hydrogen-bond acceptors (Lipinski definition) is 1. The van der Waals surface area contributed by atoms with Gasteiger partial charge in [0.15, 0.2) is 5.78 Å². The van der Waals surface area contributed by atoms with Gasteiger partial charge in [-0.15, -0.1) is 0 Å². The number of carbonyl (C=O) groups is 1. The van der Waals surface area contributed by atoms with Crippen molar-refractivity contribution in [1.82, 2.24) is 0 Å². The molecule has 1 aromatic rings. The second kappa shape index (κ2) is 5.53. The molecular weight excluding hydrogens is 300 g/mol. The lowest BCUT2D eigenvalue weighted by Crippen LogP contribution is -2.22. The zero-order valence-electron chi connectivity index (χ0n) is 9.88. The smallest absolute Gasteiger partial charge is 0.167 e. The first-order valence-electron chi connectivity index (χ1n) is 6.07. The van der Waals surface area contributed by atoms with Gasteiger partial charge in [-0.3, -0.25) is 4.79 Å². The van der Waals surface area contributed by atoms with Crippen molar-refractivity contribution < 1.29 is 4.79 Å². The first-order valence-corrected chi connectivity index (χ1v) is 7.24. The molecule has 0 saturated heterocycles. The molecule has 0 radical (unpaired) electrons. The van der Waals surface area contributed by atoms with Crippen molar-refractivity contribution in [2.45, 2.75) is 32.6 Å². The first kappa shape index (κ1) is 13.1. The van der Waals surface area contributed by atoms with E-state index >= 15 is 0 Å². The van der Waals surface area contributed by atoms with Gasteiger partial charge in [-0.2, -0.15) is 0 Å². The number of hydrogen-bond donors (Lipinski definition) is 0. The molecular formula is C14H16BrClO. The van der Waals surface area contributed by atoms with Crippen LogP contribution in [-0.2, 0) is 0 Å². The maximum Gasteiger partial charge on any atom is 0.167 e. The number of carbonyl (C=O) groups excluding carboxylic acids is 1. The molecule has 2 unspecified atom stereocenters. The van der Waals surface area contributed by atoms with E-state index in [1.165, 1.54) is 6.42 Å². The molecule has 1 aliphatic carbocycles. The van der Waals surface area contributed by atoms with Gasteiger partial charge in [-0.05, 0) is 37.0 Å². The highest BCUT2D eigenvalue weighted by atomic mass is 79.9. The third-order valence-electron chi connectivity index (χ3n) is 3.50. The number of ketones is 1. The number of benzene rings is 1. The molecule has 1 fully saturated rings. The van der Waals surface area contributed by atoms with E-state index in [0.717, 1.165) is 29.3 Å². The molecule has 1 aliphatic rings. The van der Waals surface area contributed by atoms with Crippen molar-refractivity contribution in [3.05, 3.63) is 33.3 Å². The summed E-state index contributed by atoms with van der Waals surface area (Å²) in [4.78, 5) is 12.4. The highest BCUT2D eigenvalue weighted by molar-refractivity contribution is 9.10. The quantitative estimate of drug-likeness (QED) is 0.693. The number of Topliss-reactive ketones (excluding diaryl/α,β-unsaturated/α-hetero) is 1. The summed E-state index contributed by atoms with van der Waals surface area (Å²) in [6.07, 6.45) is 4.44. The highest BCUT2D eigenvalue weighted by Crippen LogP contribution is 2.33. The zero-order valence-corrected chi connectivity index (χ0v) is 12.2. The van der Waals surface area contributed by atoms with E-state index < -0.39 is 0 Å². The van der Waals surface area contributed by atoms with E-state index in [4.69, 9.17) is 11.6 Å². The maximum atomic E-state index is 12.4. The normalized spacial score (nSPS) is 24.6. The monoisotopic (exact) mass is 314 g/mol. The molecule has 2 rings (SSSR count). The van der Waals surface area contributed by atoms with Crippen LogP contribution in [0.5, 0.6) is 0 Å². The fourth-order valence-electron chi connectivity index (χ4n) is 2.58. The molecule has 0 heterocycles. The Labute approximate surface area is 116 Å². The summed E-state index contributed by atoms with van der Waals surface area (Å²) in [5.41, 5.74) is 0.733. The predicted molar refractivity (Wildman–Crippen MR) is 74.6 cm³/mol.